The number of rotatable bonds is 10. The van der Waals surface area contributed by atoms with E-state index in [4.69, 9.17) is 23.2 Å². The highest BCUT2D eigenvalue weighted by Gasteiger charge is 2.35. The third-order valence-corrected chi connectivity index (χ3v) is 8.18. The number of hydrogen-bond donors (Lipinski definition) is 1. The van der Waals surface area contributed by atoms with Crippen molar-refractivity contribution in [1.82, 2.24) is 10.2 Å². The van der Waals surface area contributed by atoms with Crippen molar-refractivity contribution in [3.8, 4) is 0 Å². The van der Waals surface area contributed by atoms with E-state index in [1.807, 2.05) is 58.0 Å². The molecular formula is C29H33Cl2N3O4S. The van der Waals surface area contributed by atoms with E-state index < -0.39 is 34.1 Å². The Bertz CT molecular complexity index is 1400. The van der Waals surface area contributed by atoms with Crippen LogP contribution < -0.4 is 9.62 Å². The molecule has 0 aromatic heterocycles. The van der Waals surface area contributed by atoms with Gasteiger partial charge in [0.25, 0.3) is 10.0 Å². The number of anilines is 1. The number of amides is 2. The van der Waals surface area contributed by atoms with Gasteiger partial charge < -0.3 is 10.2 Å². The molecular weight excluding hydrogens is 557 g/mol. The summed E-state index contributed by atoms with van der Waals surface area (Å²) < 4.78 is 28.6. The zero-order chi connectivity index (χ0) is 28.8. The van der Waals surface area contributed by atoms with Gasteiger partial charge in [-0.25, -0.2) is 8.42 Å². The summed E-state index contributed by atoms with van der Waals surface area (Å²) >= 11 is 12.5. The molecule has 0 bridgehead atoms. The molecule has 3 aromatic rings. The second-order valence-electron chi connectivity index (χ2n) is 10.1. The molecule has 0 saturated heterocycles. The van der Waals surface area contributed by atoms with Crippen molar-refractivity contribution >= 4 is 50.7 Å². The first kappa shape index (κ1) is 30.5. The van der Waals surface area contributed by atoms with Crippen LogP contribution in [-0.4, -0.2) is 43.3 Å². The third kappa shape index (κ3) is 7.97. The molecule has 1 atom stereocenters. The molecule has 0 heterocycles. The zero-order valence-electron chi connectivity index (χ0n) is 22.4. The molecule has 0 fully saturated rings. The van der Waals surface area contributed by atoms with E-state index in [-0.39, 0.29) is 28.1 Å². The minimum Gasteiger partial charge on any atom is -0.350 e. The van der Waals surface area contributed by atoms with Crippen LogP contribution in [0.2, 0.25) is 10.0 Å². The van der Waals surface area contributed by atoms with E-state index in [9.17, 15) is 18.0 Å². The number of carbonyl (C=O) groups is 2. The lowest BCUT2D eigenvalue weighted by molar-refractivity contribution is -0.141. The summed E-state index contributed by atoms with van der Waals surface area (Å²) in [5.74, 6) is -0.878. The molecule has 0 aliphatic carbocycles. The van der Waals surface area contributed by atoms with Crippen molar-refractivity contribution in [1.29, 1.82) is 0 Å². The summed E-state index contributed by atoms with van der Waals surface area (Å²) in [4.78, 5) is 28.8. The van der Waals surface area contributed by atoms with Gasteiger partial charge in [0, 0.05) is 17.1 Å². The zero-order valence-corrected chi connectivity index (χ0v) is 24.7. The van der Waals surface area contributed by atoms with Gasteiger partial charge in [0.05, 0.1) is 15.6 Å². The van der Waals surface area contributed by atoms with Crippen LogP contribution in [0.4, 0.5) is 5.69 Å². The van der Waals surface area contributed by atoms with Crippen LogP contribution >= 0.6 is 23.2 Å². The lowest BCUT2D eigenvalue weighted by atomic mass is 10.1. The van der Waals surface area contributed by atoms with Gasteiger partial charge in [0.2, 0.25) is 11.8 Å². The topological polar surface area (TPSA) is 86.8 Å². The van der Waals surface area contributed by atoms with Gasteiger partial charge in [-0.15, -0.1) is 0 Å². The van der Waals surface area contributed by atoms with Gasteiger partial charge in [-0.1, -0.05) is 78.7 Å². The molecule has 1 unspecified atom stereocenters. The van der Waals surface area contributed by atoms with Crippen molar-refractivity contribution in [2.24, 2.45) is 0 Å². The average Bonchev–Trinajstić information content (AvgIpc) is 2.87. The molecule has 208 valence electrons. The molecule has 2 amide bonds. The minimum atomic E-state index is -4.21. The lowest BCUT2D eigenvalue weighted by Crippen LogP contribution is -2.55. The molecule has 39 heavy (non-hydrogen) atoms. The second kappa shape index (κ2) is 12.9. The average molecular weight is 591 g/mol. The molecule has 0 saturated carbocycles. The van der Waals surface area contributed by atoms with E-state index in [1.165, 1.54) is 35.2 Å². The largest absolute Gasteiger partial charge is 0.350 e. The number of halogens is 2. The molecule has 10 heteroatoms. The van der Waals surface area contributed by atoms with Crippen molar-refractivity contribution in [2.75, 3.05) is 10.8 Å². The number of nitrogens with one attached hydrogen (secondary N) is 1. The minimum absolute atomic E-state index is 0.00376. The summed E-state index contributed by atoms with van der Waals surface area (Å²) in [6.07, 6.45) is 0.327. The van der Waals surface area contributed by atoms with Gasteiger partial charge in [0.1, 0.15) is 12.6 Å². The van der Waals surface area contributed by atoms with Crippen LogP contribution in [0, 0.1) is 0 Å². The predicted molar refractivity (Wildman–Crippen MR) is 156 cm³/mol. The molecule has 7 nitrogen and oxygen atoms in total. The first-order chi connectivity index (χ1) is 18.3. The van der Waals surface area contributed by atoms with Crippen LogP contribution in [0.5, 0.6) is 0 Å². The van der Waals surface area contributed by atoms with Crippen LogP contribution in [0.25, 0.3) is 0 Å². The maximum atomic E-state index is 14.0. The van der Waals surface area contributed by atoms with Gasteiger partial charge in [-0.2, -0.15) is 0 Å². The fourth-order valence-corrected chi connectivity index (χ4v) is 6.08. The lowest BCUT2D eigenvalue weighted by Gasteiger charge is -2.35. The SMILES string of the molecule is CCC(C(=O)NC(C)(C)C)N(Cc1ccccc1)C(=O)CN(c1ccc(Cl)cc1Cl)S(=O)(=O)c1ccccc1. The Balaban J connectivity index is 2.08. The summed E-state index contributed by atoms with van der Waals surface area (Å²) in [5.41, 5.74) is 0.380. The van der Waals surface area contributed by atoms with Crippen molar-refractivity contribution in [2.45, 2.75) is 57.1 Å². The quantitative estimate of drug-likeness (QED) is 0.318. The van der Waals surface area contributed by atoms with Crippen molar-refractivity contribution in [3.05, 3.63) is 94.5 Å². The van der Waals surface area contributed by atoms with Crippen LogP contribution in [-0.2, 0) is 26.2 Å². The van der Waals surface area contributed by atoms with E-state index in [2.05, 4.69) is 5.32 Å². The van der Waals surface area contributed by atoms with Crippen LogP contribution in [0.15, 0.2) is 83.8 Å². The number of carbonyl (C=O) groups excluding carboxylic acids is 2. The maximum absolute atomic E-state index is 14.0. The Morgan fingerprint density at radius 3 is 2.05 bits per heavy atom. The Labute approximate surface area is 240 Å². The highest BCUT2D eigenvalue weighted by atomic mass is 35.5. The Morgan fingerprint density at radius 2 is 1.51 bits per heavy atom. The molecule has 0 radical (unpaired) electrons. The van der Waals surface area contributed by atoms with Crippen molar-refractivity contribution in [3.63, 3.8) is 0 Å². The number of sulfonamides is 1. The number of benzene rings is 3. The smallest absolute Gasteiger partial charge is 0.264 e. The van der Waals surface area contributed by atoms with E-state index in [0.717, 1.165) is 9.87 Å². The highest BCUT2D eigenvalue weighted by molar-refractivity contribution is 7.92. The maximum Gasteiger partial charge on any atom is 0.264 e. The molecule has 0 spiro atoms. The number of hydrogen-bond acceptors (Lipinski definition) is 4. The van der Waals surface area contributed by atoms with E-state index in [1.54, 1.807) is 18.2 Å². The Hall–Kier alpha value is -3.07. The van der Waals surface area contributed by atoms with Gasteiger partial charge in [-0.05, 0) is 63.1 Å². The normalized spacial score (nSPS) is 12.5. The number of nitrogens with zero attached hydrogens (tertiary/aromatic N) is 2. The van der Waals surface area contributed by atoms with Gasteiger partial charge in [0.15, 0.2) is 0 Å². The molecule has 3 aromatic carbocycles. The van der Waals surface area contributed by atoms with Crippen molar-refractivity contribution < 1.29 is 18.0 Å². The first-order valence-corrected chi connectivity index (χ1v) is 14.7. The molecule has 1 N–H and O–H groups in total. The summed E-state index contributed by atoms with van der Waals surface area (Å²) in [5, 5.41) is 3.34. The van der Waals surface area contributed by atoms with E-state index in [0.29, 0.717) is 11.4 Å². The van der Waals surface area contributed by atoms with Gasteiger partial charge in [-0.3, -0.25) is 13.9 Å². The fourth-order valence-electron chi connectivity index (χ4n) is 4.07. The van der Waals surface area contributed by atoms with Gasteiger partial charge >= 0.3 is 0 Å². The second-order valence-corrected chi connectivity index (χ2v) is 12.8. The van der Waals surface area contributed by atoms with Crippen LogP contribution in [0.1, 0.15) is 39.7 Å². The Morgan fingerprint density at radius 1 is 0.923 bits per heavy atom. The standard InChI is InChI=1S/C29H33Cl2N3O4S/c1-5-25(28(36)32-29(2,3)4)33(19-21-12-8-6-9-13-21)27(35)20-34(26-17-16-22(30)18-24(26)31)39(37,38)23-14-10-7-11-15-23/h6-18,25H,5,19-20H2,1-4H3,(H,32,36). The first-order valence-electron chi connectivity index (χ1n) is 12.5. The third-order valence-electron chi connectivity index (χ3n) is 5.87. The Kier molecular flexibility index (Phi) is 10.0. The van der Waals surface area contributed by atoms with E-state index >= 15 is 0 Å². The molecule has 0 aliphatic rings. The summed E-state index contributed by atoms with van der Waals surface area (Å²) in [6, 6.07) is 20.6. The summed E-state index contributed by atoms with van der Waals surface area (Å²) in [7, 11) is -4.21. The van der Waals surface area contributed by atoms with Crippen LogP contribution in [0.3, 0.4) is 0 Å². The fraction of sp³-hybridized carbons (Fsp3) is 0.310. The predicted octanol–water partition coefficient (Wildman–Crippen LogP) is 5.91. The summed E-state index contributed by atoms with van der Waals surface area (Å²) in [6.45, 7) is 6.92. The monoisotopic (exact) mass is 589 g/mol. The molecule has 3 rings (SSSR count). The molecule has 0 aliphatic heterocycles. The highest BCUT2D eigenvalue weighted by Crippen LogP contribution is 2.33.